The molecule has 0 radical (unpaired) electrons. The van der Waals surface area contributed by atoms with Crippen molar-refractivity contribution in [2.75, 3.05) is 5.32 Å². The average Bonchev–Trinajstić information content (AvgIpc) is 2.38. The molecule has 0 aromatic heterocycles. The zero-order valence-corrected chi connectivity index (χ0v) is 14.8. The molecule has 0 heterocycles. The molecule has 0 bridgehead atoms. The van der Waals surface area contributed by atoms with E-state index in [2.05, 4.69) is 43.8 Å². The largest absolute Gasteiger partial charge is 0.322 e. The van der Waals surface area contributed by atoms with Gasteiger partial charge >= 0.3 is 0 Å². The molecule has 2 aromatic rings. The van der Waals surface area contributed by atoms with E-state index < -0.39 is 0 Å². The number of amides is 1. The van der Waals surface area contributed by atoms with Crippen LogP contribution in [0.5, 0.6) is 0 Å². The molecule has 104 valence electrons. The van der Waals surface area contributed by atoms with Crippen LogP contribution in [0.25, 0.3) is 0 Å². The molecule has 0 saturated heterocycles. The minimum Gasteiger partial charge on any atom is -0.322 e. The van der Waals surface area contributed by atoms with Gasteiger partial charge in [-0.25, -0.2) is 4.39 Å². The molecule has 0 unspecified atom stereocenters. The molecule has 1 amide bonds. The van der Waals surface area contributed by atoms with Gasteiger partial charge in [0.15, 0.2) is 0 Å². The molecule has 2 nitrogen and oxygen atoms in total. The maximum Gasteiger partial charge on any atom is 0.256 e. The summed E-state index contributed by atoms with van der Waals surface area (Å²) in [5, 5.41) is 3.26. The highest BCUT2D eigenvalue weighted by Crippen LogP contribution is 2.25. The van der Waals surface area contributed by atoms with Crippen molar-refractivity contribution in [3.8, 4) is 0 Å². The van der Waals surface area contributed by atoms with E-state index >= 15 is 0 Å². The van der Waals surface area contributed by atoms with Crippen molar-refractivity contribution in [2.24, 2.45) is 0 Å². The van der Waals surface area contributed by atoms with E-state index in [1.54, 1.807) is 31.2 Å². The van der Waals surface area contributed by atoms with Gasteiger partial charge < -0.3 is 5.32 Å². The first-order valence-corrected chi connectivity index (χ1v) is 7.85. The van der Waals surface area contributed by atoms with Crippen LogP contribution in [-0.4, -0.2) is 5.91 Å². The van der Waals surface area contributed by atoms with Gasteiger partial charge in [0.05, 0.1) is 10.0 Å². The molecule has 0 aliphatic rings. The molecular formula is C14H9BrClFINO. The van der Waals surface area contributed by atoms with Crippen LogP contribution >= 0.6 is 50.1 Å². The van der Waals surface area contributed by atoms with Crippen molar-refractivity contribution in [1.82, 2.24) is 0 Å². The molecule has 6 heteroatoms. The van der Waals surface area contributed by atoms with Gasteiger partial charge in [-0.3, -0.25) is 4.79 Å². The fourth-order valence-corrected chi connectivity index (χ4v) is 2.74. The smallest absolute Gasteiger partial charge is 0.256 e. The van der Waals surface area contributed by atoms with Gasteiger partial charge in [-0.15, -0.1) is 0 Å². The number of benzene rings is 2. The van der Waals surface area contributed by atoms with E-state index in [1.807, 2.05) is 0 Å². The first-order valence-electron chi connectivity index (χ1n) is 5.60. The van der Waals surface area contributed by atoms with E-state index in [4.69, 9.17) is 11.6 Å². The summed E-state index contributed by atoms with van der Waals surface area (Å²) in [4.78, 5) is 12.3. The lowest BCUT2D eigenvalue weighted by atomic mass is 10.1. The Labute approximate surface area is 143 Å². The molecular weight excluding hydrogens is 459 g/mol. The van der Waals surface area contributed by atoms with E-state index in [-0.39, 0.29) is 11.7 Å². The summed E-state index contributed by atoms with van der Waals surface area (Å²) in [5.41, 5.74) is 1.69. The fourth-order valence-electron chi connectivity index (χ4n) is 1.64. The second-order valence-corrected chi connectivity index (χ2v) is 6.61. The minimum absolute atomic E-state index is 0.279. The molecule has 0 saturated carbocycles. The molecule has 0 aliphatic heterocycles. The van der Waals surface area contributed by atoms with Gasteiger partial charge in [-0.05, 0) is 81.3 Å². The number of carbonyl (C=O) groups is 1. The summed E-state index contributed by atoms with van der Waals surface area (Å²) in [5.74, 6) is -0.642. The molecule has 1 N–H and O–H groups in total. The van der Waals surface area contributed by atoms with E-state index in [0.29, 0.717) is 26.3 Å². The van der Waals surface area contributed by atoms with Crippen LogP contribution < -0.4 is 5.32 Å². The number of halogens is 4. The number of aryl methyl sites for hydroxylation is 1. The van der Waals surface area contributed by atoms with Gasteiger partial charge in [0.2, 0.25) is 0 Å². The third-order valence-corrected chi connectivity index (χ3v) is 4.47. The maximum atomic E-state index is 13.4. The molecule has 0 aliphatic carbocycles. The Hall–Kier alpha value is -0.660. The minimum atomic E-state index is -0.363. The van der Waals surface area contributed by atoms with E-state index in [1.165, 1.54) is 6.07 Å². The van der Waals surface area contributed by atoms with E-state index in [9.17, 15) is 9.18 Å². The lowest BCUT2D eigenvalue weighted by Gasteiger charge is -2.11. The van der Waals surface area contributed by atoms with Gasteiger partial charge in [-0.2, -0.15) is 0 Å². The quantitative estimate of drug-likeness (QED) is 0.587. The van der Waals surface area contributed by atoms with Gasteiger partial charge in [0.1, 0.15) is 5.82 Å². The second kappa shape index (κ2) is 6.41. The molecule has 0 spiro atoms. The number of nitrogens with one attached hydrogen (secondary N) is 1. The first-order chi connectivity index (χ1) is 9.38. The average molecular weight is 468 g/mol. The summed E-state index contributed by atoms with van der Waals surface area (Å²) >= 11 is 11.1. The summed E-state index contributed by atoms with van der Waals surface area (Å²) in [6.07, 6.45) is 0. The van der Waals surface area contributed by atoms with Gasteiger partial charge in [0, 0.05) is 14.3 Å². The Balaban J connectivity index is 2.32. The highest BCUT2D eigenvalue weighted by atomic mass is 127. The highest BCUT2D eigenvalue weighted by Gasteiger charge is 2.13. The van der Waals surface area contributed by atoms with Crippen molar-refractivity contribution in [3.05, 3.63) is 60.3 Å². The van der Waals surface area contributed by atoms with Crippen LogP contribution in [-0.2, 0) is 0 Å². The zero-order chi connectivity index (χ0) is 14.9. The maximum absolute atomic E-state index is 13.4. The predicted molar refractivity (Wildman–Crippen MR) is 91.0 cm³/mol. The molecule has 20 heavy (non-hydrogen) atoms. The lowest BCUT2D eigenvalue weighted by Crippen LogP contribution is -2.14. The Morgan fingerprint density at radius 3 is 2.75 bits per heavy atom. The molecule has 0 fully saturated rings. The molecule has 2 aromatic carbocycles. The van der Waals surface area contributed by atoms with Crippen molar-refractivity contribution in [2.45, 2.75) is 6.92 Å². The monoisotopic (exact) mass is 467 g/mol. The van der Waals surface area contributed by atoms with Gasteiger partial charge in [-0.1, -0.05) is 11.6 Å². The zero-order valence-electron chi connectivity index (χ0n) is 10.3. The van der Waals surface area contributed by atoms with Crippen LogP contribution in [0, 0.1) is 16.3 Å². The summed E-state index contributed by atoms with van der Waals surface area (Å²) in [6.45, 7) is 1.73. The van der Waals surface area contributed by atoms with Crippen molar-refractivity contribution in [3.63, 3.8) is 0 Å². The van der Waals surface area contributed by atoms with Crippen LogP contribution in [0.2, 0.25) is 5.02 Å². The Bertz CT molecular complexity index is 693. The highest BCUT2D eigenvalue weighted by molar-refractivity contribution is 14.1. The van der Waals surface area contributed by atoms with Crippen LogP contribution in [0.15, 0.2) is 34.8 Å². The third-order valence-electron chi connectivity index (χ3n) is 2.69. The number of hydrogen-bond acceptors (Lipinski definition) is 1. The van der Waals surface area contributed by atoms with Crippen molar-refractivity contribution in [1.29, 1.82) is 0 Å². The normalized spacial score (nSPS) is 10.4. The summed E-state index contributed by atoms with van der Waals surface area (Å²) in [6, 6.07) is 8.00. The molecule has 0 atom stereocenters. The SMILES string of the molecule is Cc1cc(F)c(Br)cc1NC(=O)c1cc(Cl)ccc1I. The first kappa shape index (κ1) is 15.7. The number of rotatable bonds is 2. The molecule has 2 rings (SSSR count). The third kappa shape index (κ3) is 3.51. The van der Waals surface area contributed by atoms with Crippen LogP contribution in [0.3, 0.4) is 0 Å². The Morgan fingerprint density at radius 1 is 1.35 bits per heavy atom. The topological polar surface area (TPSA) is 29.1 Å². The Kier molecular flexibility index (Phi) is 5.04. The number of carbonyl (C=O) groups excluding carboxylic acids is 1. The van der Waals surface area contributed by atoms with Gasteiger partial charge in [0.25, 0.3) is 5.91 Å². The van der Waals surface area contributed by atoms with Crippen LogP contribution in [0.4, 0.5) is 10.1 Å². The summed E-state index contributed by atoms with van der Waals surface area (Å²) < 4.78 is 14.5. The second-order valence-electron chi connectivity index (χ2n) is 4.16. The van der Waals surface area contributed by atoms with Crippen molar-refractivity contribution >= 4 is 61.7 Å². The number of hydrogen-bond donors (Lipinski definition) is 1. The Morgan fingerprint density at radius 2 is 2.05 bits per heavy atom. The lowest BCUT2D eigenvalue weighted by molar-refractivity contribution is 0.102. The number of anilines is 1. The van der Waals surface area contributed by atoms with Crippen molar-refractivity contribution < 1.29 is 9.18 Å². The van der Waals surface area contributed by atoms with E-state index in [0.717, 1.165) is 3.57 Å². The summed E-state index contributed by atoms with van der Waals surface area (Å²) in [7, 11) is 0. The van der Waals surface area contributed by atoms with Crippen LogP contribution in [0.1, 0.15) is 15.9 Å². The standard InChI is InChI=1S/C14H9BrClFINO/c1-7-4-11(17)10(15)6-13(7)19-14(20)9-5-8(16)2-3-12(9)18/h2-6H,1H3,(H,19,20). The predicted octanol–water partition coefficient (Wildman–Crippen LogP) is 5.41. The fraction of sp³-hybridized carbons (Fsp3) is 0.0714.